The van der Waals surface area contributed by atoms with E-state index in [1.165, 1.54) is 4.31 Å². The largest absolute Gasteiger partial charge is 0.624 e. The minimum absolute atomic E-state index is 0.00898. The first-order valence-electron chi connectivity index (χ1n) is 14.6. The van der Waals surface area contributed by atoms with Gasteiger partial charge in [-0.05, 0) is 91.2 Å². The number of hydrogen-bond acceptors (Lipinski definition) is 7. The number of carbonyl (C=O) groups is 2. The van der Waals surface area contributed by atoms with Gasteiger partial charge in [-0.25, -0.2) is 8.42 Å². The Morgan fingerprint density at radius 1 is 0.911 bits per heavy atom. The van der Waals surface area contributed by atoms with Gasteiger partial charge in [0.25, 0.3) is 5.91 Å². The standard InChI is InChI=1S/C33H35ClN4O6S/c1-33(2,3)44-32(40)38(41)15-13-29-21-27(12-14-35-29)23-4-6-24(7-5-23)31(39)36-16-18-37(19-17-36)45(42,43)30-11-9-25-20-28(34)10-8-26(25)22-30/h4-12,14,20-22,38H,13,15-19H2,1-3H3. The molecule has 1 aromatic heterocycles. The molecule has 2 amide bonds. The molecule has 1 fully saturated rings. The normalized spacial score (nSPS) is 15.2. The Balaban J connectivity index is 1.18. The van der Waals surface area contributed by atoms with Crippen LogP contribution in [0.4, 0.5) is 4.79 Å². The summed E-state index contributed by atoms with van der Waals surface area (Å²) in [5.74, 6) is -0.169. The van der Waals surface area contributed by atoms with Crippen LogP contribution in [-0.4, -0.2) is 72.9 Å². The van der Waals surface area contributed by atoms with Crippen LogP contribution in [0, 0.1) is 5.21 Å². The predicted molar refractivity (Wildman–Crippen MR) is 172 cm³/mol. The fraction of sp³-hybridized carbons (Fsp3) is 0.303. The Kier molecular flexibility index (Phi) is 9.57. The second kappa shape index (κ2) is 13.2. The Labute approximate surface area is 267 Å². The summed E-state index contributed by atoms with van der Waals surface area (Å²) < 4.78 is 33.3. The van der Waals surface area contributed by atoms with Gasteiger partial charge >= 0.3 is 6.09 Å². The molecule has 3 aromatic carbocycles. The van der Waals surface area contributed by atoms with Gasteiger partial charge in [0.2, 0.25) is 10.0 Å². The summed E-state index contributed by atoms with van der Waals surface area (Å²) in [5.41, 5.74) is 2.15. The molecule has 2 heterocycles. The zero-order valence-corrected chi connectivity index (χ0v) is 26.9. The highest BCUT2D eigenvalue weighted by atomic mass is 35.5. The topological polar surface area (TPSA) is 124 Å². The number of piperazine rings is 1. The Hall–Kier alpha value is -3.87. The lowest BCUT2D eigenvalue weighted by Crippen LogP contribution is -3.10. The van der Waals surface area contributed by atoms with E-state index >= 15 is 0 Å². The number of aromatic nitrogens is 1. The number of hydroxylamine groups is 2. The Morgan fingerprint density at radius 3 is 2.27 bits per heavy atom. The lowest BCUT2D eigenvalue weighted by Gasteiger charge is -2.34. The van der Waals surface area contributed by atoms with Crippen molar-refractivity contribution in [1.29, 1.82) is 0 Å². The van der Waals surface area contributed by atoms with E-state index in [4.69, 9.17) is 16.3 Å². The van der Waals surface area contributed by atoms with Crippen LogP contribution in [-0.2, 0) is 21.2 Å². The van der Waals surface area contributed by atoms with Crippen LogP contribution < -0.4 is 5.06 Å². The van der Waals surface area contributed by atoms with Crippen molar-refractivity contribution >= 4 is 44.4 Å². The van der Waals surface area contributed by atoms with Crippen molar-refractivity contribution in [3.63, 3.8) is 0 Å². The quantitative estimate of drug-likeness (QED) is 0.291. The molecule has 0 spiro atoms. The van der Waals surface area contributed by atoms with E-state index in [1.54, 1.807) is 80.4 Å². The van der Waals surface area contributed by atoms with Gasteiger partial charge in [-0.1, -0.05) is 35.9 Å². The summed E-state index contributed by atoms with van der Waals surface area (Å²) in [6.45, 7) is 6.06. The summed E-state index contributed by atoms with van der Waals surface area (Å²) in [6, 6.07) is 21.1. The zero-order valence-electron chi connectivity index (χ0n) is 25.3. The zero-order chi connectivity index (χ0) is 32.4. The molecule has 1 aliphatic heterocycles. The summed E-state index contributed by atoms with van der Waals surface area (Å²) in [6.07, 6.45) is 1.08. The molecular weight excluding hydrogens is 616 g/mol. The number of ether oxygens (including phenoxy) is 1. The minimum atomic E-state index is -3.72. The van der Waals surface area contributed by atoms with Crippen molar-refractivity contribution < 1.29 is 27.8 Å². The molecule has 45 heavy (non-hydrogen) atoms. The first-order chi connectivity index (χ1) is 21.3. The van der Waals surface area contributed by atoms with Crippen LogP contribution in [0.2, 0.25) is 5.02 Å². The van der Waals surface area contributed by atoms with E-state index in [0.29, 0.717) is 22.7 Å². The van der Waals surface area contributed by atoms with Gasteiger partial charge in [0, 0.05) is 55.1 Å². The molecule has 236 valence electrons. The molecule has 4 aromatic rings. The van der Waals surface area contributed by atoms with Crippen LogP contribution in [0.25, 0.3) is 21.9 Å². The van der Waals surface area contributed by atoms with Gasteiger partial charge in [-0.3, -0.25) is 14.8 Å². The van der Waals surface area contributed by atoms with Gasteiger partial charge in [0.15, 0.2) is 0 Å². The maximum absolute atomic E-state index is 13.3. The molecule has 1 unspecified atom stereocenters. The number of rotatable bonds is 7. The molecule has 1 N–H and O–H groups in total. The second-order valence-electron chi connectivity index (χ2n) is 11.9. The third-order valence-corrected chi connectivity index (χ3v) is 9.58. The van der Waals surface area contributed by atoms with E-state index in [-0.39, 0.29) is 43.5 Å². The highest BCUT2D eigenvalue weighted by molar-refractivity contribution is 7.89. The number of nitrogens with zero attached hydrogens (tertiary/aromatic N) is 3. The average Bonchev–Trinajstić information content (AvgIpc) is 3.02. The summed E-state index contributed by atoms with van der Waals surface area (Å²) in [5, 5.41) is 13.8. The fourth-order valence-corrected chi connectivity index (χ4v) is 6.74. The molecule has 10 nitrogen and oxygen atoms in total. The lowest BCUT2D eigenvalue weighted by atomic mass is 10.0. The monoisotopic (exact) mass is 650 g/mol. The second-order valence-corrected chi connectivity index (χ2v) is 14.3. The van der Waals surface area contributed by atoms with Crippen molar-refractivity contribution in [3.05, 3.63) is 100 Å². The molecule has 1 aliphatic rings. The molecule has 0 aliphatic carbocycles. The van der Waals surface area contributed by atoms with Crippen LogP contribution in [0.15, 0.2) is 83.9 Å². The maximum Gasteiger partial charge on any atom is 0.514 e. The number of nitrogens with one attached hydrogen (secondary N) is 1. The lowest BCUT2D eigenvalue weighted by molar-refractivity contribution is -0.769. The number of carbonyl (C=O) groups excluding carboxylic acids is 2. The maximum atomic E-state index is 13.3. The number of pyridine rings is 1. The number of fused-ring (bicyclic) bond motifs is 1. The smallest absolute Gasteiger partial charge is 0.514 e. The number of amides is 2. The number of sulfonamides is 1. The molecule has 0 bridgehead atoms. The third kappa shape index (κ3) is 7.86. The van der Waals surface area contributed by atoms with E-state index in [0.717, 1.165) is 21.9 Å². The van der Waals surface area contributed by atoms with Gasteiger partial charge in [-0.2, -0.15) is 9.10 Å². The third-order valence-electron chi connectivity index (χ3n) is 7.45. The summed E-state index contributed by atoms with van der Waals surface area (Å²) >= 11 is 6.05. The molecule has 5 rings (SSSR count). The summed E-state index contributed by atoms with van der Waals surface area (Å²) in [4.78, 5) is 31.4. The van der Waals surface area contributed by atoms with Crippen molar-refractivity contribution in [2.75, 3.05) is 32.7 Å². The van der Waals surface area contributed by atoms with Gasteiger partial charge < -0.3 is 14.8 Å². The number of alkyl carbamates (subject to hydrolysis) is 1. The van der Waals surface area contributed by atoms with Crippen LogP contribution in [0.3, 0.4) is 0 Å². The van der Waals surface area contributed by atoms with Crippen molar-refractivity contribution in [3.8, 4) is 11.1 Å². The molecule has 0 radical (unpaired) electrons. The molecule has 12 heteroatoms. The fourth-order valence-electron chi connectivity index (χ4n) is 5.10. The number of benzene rings is 3. The SMILES string of the molecule is CC(C)(C)OC(=O)[NH+]([O-])CCc1cc(-c2ccc(C(=O)N3CCN(S(=O)(=O)c4ccc5cc(Cl)ccc5c4)CC3)cc2)ccn1. The first kappa shape index (κ1) is 32.5. The van der Waals surface area contributed by atoms with E-state index < -0.39 is 26.8 Å². The molecule has 1 atom stereocenters. The number of halogens is 1. The molecule has 0 saturated carbocycles. The minimum Gasteiger partial charge on any atom is -0.624 e. The highest BCUT2D eigenvalue weighted by Gasteiger charge is 2.30. The van der Waals surface area contributed by atoms with E-state index in [1.807, 2.05) is 24.3 Å². The van der Waals surface area contributed by atoms with Crippen LogP contribution in [0.1, 0.15) is 36.8 Å². The number of quaternary nitrogens is 1. The van der Waals surface area contributed by atoms with Crippen LogP contribution in [0.5, 0.6) is 0 Å². The first-order valence-corrected chi connectivity index (χ1v) is 16.4. The van der Waals surface area contributed by atoms with Gasteiger partial charge in [0.05, 0.1) is 11.4 Å². The molecule has 1 saturated heterocycles. The van der Waals surface area contributed by atoms with Crippen molar-refractivity contribution in [1.82, 2.24) is 14.2 Å². The van der Waals surface area contributed by atoms with E-state index in [9.17, 15) is 23.2 Å². The Bertz CT molecular complexity index is 1820. The highest BCUT2D eigenvalue weighted by Crippen LogP contribution is 2.26. The average molecular weight is 651 g/mol. The predicted octanol–water partition coefficient (Wildman–Crippen LogP) is 4.56. The van der Waals surface area contributed by atoms with Crippen molar-refractivity contribution in [2.45, 2.75) is 37.7 Å². The van der Waals surface area contributed by atoms with Crippen molar-refractivity contribution in [2.24, 2.45) is 0 Å². The summed E-state index contributed by atoms with van der Waals surface area (Å²) in [7, 11) is -3.72. The van der Waals surface area contributed by atoms with Gasteiger partial charge in [0.1, 0.15) is 5.60 Å². The number of hydrogen-bond donors (Lipinski definition) is 1. The van der Waals surface area contributed by atoms with Crippen LogP contribution >= 0.6 is 11.6 Å². The van der Waals surface area contributed by atoms with E-state index in [2.05, 4.69) is 4.98 Å². The van der Waals surface area contributed by atoms with Gasteiger partial charge in [-0.15, -0.1) is 0 Å². The molecular formula is C33H35ClN4O6S. The Morgan fingerprint density at radius 2 is 1.58 bits per heavy atom.